The number of nitrogens with zero attached hydrogens (tertiary/aromatic N) is 1. The van der Waals surface area contributed by atoms with Gasteiger partial charge in [-0.25, -0.2) is 0 Å². The van der Waals surface area contributed by atoms with Gasteiger partial charge in [0.25, 0.3) is 0 Å². The van der Waals surface area contributed by atoms with E-state index in [0.29, 0.717) is 0 Å². The average Bonchev–Trinajstić information content (AvgIpc) is 2.94. The summed E-state index contributed by atoms with van der Waals surface area (Å²) < 4.78 is 0. The largest absolute Gasteiger partial charge is 0.310 e. The van der Waals surface area contributed by atoms with Crippen LogP contribution in [0.5, 0.6) is 0 Å². The Hall–Kier alpha value is -4.62. The van der Waals surface area contributed by atoms with E-state index >= 15 is 0 Å². The van der Waals surface area contributed by atoms with Crippen molar-refractivity contribution < 1.29 is 0 Å². The maximum absolute atomic E-state index is 2.30. The smallest absolute Gasteiger partial charge is 0.0533 e. The van der Waals surface area contributed by atoms with Crippen LogP contribution < -0.4 is 4.90 Å². The lowest BCUT2D eigenvalue weighted by molar-refractivity contribution is 1.28. The van der Waals surface area contributed by atoms with Crippen LogP contribution in [0, 0.1) is 0 Å². The molecular formula is C34H27N. The minimum absolute atomic E-state index is 1.13. The predicted octanol–water partition coefficient (Wildman–Crippen LogP) is 9.30. The van der Waals surface area contributed by atoms with Crippen molar-refractivity contribution in [2.75, 3.05) is 4.90 Å². The highest BCUT2D eigenvalue weighted by Crippen LogP contribution is 2.36. The molecular weight excluding hydrogens is 422 g/mol. The van der Waals surface area contributed by atoms with E-state index < -0.39 is 0 Å². The summed E-state index contributed by atoms with van der Waals surface area (Å²) in [6.45, 7) is 0. The van der Waals surface area contributed by atoms with Gasteiger partial charge in [0.1, 0.15) is 0 Å². The second-order valence-electron chi connectivity index (χ2n) is 8.24. The standard InChI is InChI=1S/C34H27N/c1-5-16-28(17-6-1)33(29-18-7-2-8-19-29)26-15-21-30-20-13-14-27-34(30)35(31-22-9-3-10-23-31)32-24-11-4-12-25-32/h1-27H. The molecule has 5 aromatic rings. The Morgan fingerprint density at radius 3 is 1.40 bits per heavy atom. The molecule has 0 aliphatic rings. The van der Waals surface area contributed by atoms with Crippen LogP contribution in [-0.4, -0.2) is 0 Å². The molecule has 0 saturated carbocycles. The summed E-state index contributed by atoms with van der Waals surface area (Å²) in [6, 6.07) is 50.7. The molecule has 1 heteroatoms. The van der Waals surface area contributed by atoms with E-state index in [9.17, 15) is 0 Å². The van der Waals surface area contributed by atoms with E-state index in [-0.39, 0.29) is 0 Å². The second kappa shape index (κ2) is 11.0. The summed E-state index contributed by atoms with van der Waals surface area (Å²) in [6.07, 6.45) is 6.55. The molecule has 0 amide bonds. The second-order valence-corrected chi connectivity index (χ2v) is 8.24. The van der Waals surface area contributed by atoms with Crippen molar-refractivity contribution in [2.24, 2.45) is 0 Å². The maximum atomic E-state index is 2.30. The van der Waals surface area contributed by atoms with Gasteiger partial charge in [0, 0.05) is 11.4 Å². The number of hydrogen-bond donors (Lipinski definition) is 0. The molecule has 0 heterocycles. The molecule has 35 heavy (non-hydrogen) atoms. The molecule has 0 aromatic heterocycles. The van der Waals surface area contributed by atoms with Crippen LogP contribution in [0.25, 0.3) is 11.6 Å². The van der Waals surface area contributed by atoms with Crippen LogP contribution in [0.2, 0.25) is 0 Å². The third-order valence-electron chi connectivity index (χ3n) is 5.91. The van der Waals surface area contributed by atoms with Crippen LogP contribution in [0.15, 0.2) is 158 Å². The predicted molar refractivity (Wildman–Crippen MR) is 150 cm³/mol. The first-order valence-corrected chi connectivity index (χ1v) is 11.9. The van der Waals surface area contributed by atoms with Gasteiger partial charge < -0.3 is 4.90 Å². The van der Waals surface area contributed by atoms with Gasteiger partial charge in [-0.3, -0.25) is 0 Å². The van der Waals surface area contributed by atoms with Gasteiger partial charge in [-0.1, -0.05) is 133 Å². The summed E-state index contributed by atoms with van der Waals surface area (Å²) in [7, 11) is 0. The molecule has 168 valence electrons. The number of para-hydroxylation sites is 3. The van der Waals surface area contributed by atoms with Gasteiger partial charge in [0.05, 0.1) is 5.69 Å². The Bertz CT molecular complexity index is 1320. The molecule has 0 radical (unpaired) electrons. The first-order chi connectivity index (χ1) is 17.4. The zero-order chi connectivity index (χ0) is 23.7. The average molecular weight is 450 g/mol. The Balaban J connectivity index is 1.57. The van der Waals surface area contributed by atoms with Gasteiger partial charge >= 0.3 is 0 Å². The summed E-state index contributed by atoms with van der Waals surface area (Å²) in [5.41, 5.74) is 8.14. The lowest BCUT2D eigenvalue weighted by atomic mass is 9.97. The Labute approximate surface area is 208 Å². The van der Waals surface area contributed by atoms with Crippen molar-refractivity contribution in [1.82, 2.24) is 0 Å². The normalized spacial score (nSPS) is 10.7. The van der Waals surface area contributed by atoms with Crippen molar-refractivity contribution in [1.29, 1.82) is 0 Å². The Morgan fingerprint density at radius 2 is 0.886 bits per heavy atom. The molecule has 0 aliphatic heterocycles. The Morgan fingerprint density at radius 1 is 0.457 bits per heavy atom. The fourth-order valence-electron chi connectivity index (χ4n) is 4.26. The van der Waals surface area contributed by atoms with Gasteiger partial charge in [0.15, 0.2) is 0 Å². The molecule has 5 rings (SSSR count). The minimum atomic E-state index is 1.13. The SMILES string of the molecule is C(=Cc1ccccc1N(c1ccccc1)c1ccccc1)C=C(c1ccccc1)c1ccccc1. The lowest BCUT2D eigenvalue weighted by Gasteiger charge is -2.27. The number of allylic oxidation sites excluding steroid dienone is 2. The molecule has 5 aromatic carbocycles. The molecule has 0 unspecified atom stereocenters. The first-order valence-electron chi connectivity index (χ1n) is 11.9. The summed E-state index contributed by atoms with van der Waals surface area (Å²) in [5.74, 6) is 0. The highest BCUT2D eigenvalue weighted by Gasteiger charge is 2.14. The van der Waals surface area contributed by atoms with Gasteiger partial charge in [-0.15, -0.1) is 0 Å². The van der Waals surface area contributed by atoms with E-state index in [0.717, 1.165) is 22.6 Å². The fourth-order valence-corrected chi connectivity index (χ4v) is 4.26. The maximum Gasteiger partial charge on any atom is 0.0533 e. The van der Waals surface area contributed by atoms with Crippen molar-refractivity contribution >= 4 is 28.7 Å². The molecule has 0 bridgehead atoms. The fraction of sp³-hybridized carbons (Fsp3) is 0. The lowest BCUT2D eigenvalue weighted by Crippen LogP contribution is -2.10. The van der Waals surface area contributed by atoms with Crippen molar-refractivity contribution in [3.8, 4) is 0 Å². The number of anilines is 3. The van der Waals surface area contributed by atoms with E-state index in [1.807, 2.05) is 0 Å². The monoisotopic (exact) mass is 449 g/mol. The van der Waals surface area contributed by atoms with Gasteiger partial charge in [-0.05, 0) is 52.6 Å². The number of hydrogen-bond acceptors (Lipinski definition) is 1. The van der Waals surface area contributed by atoms with E-state index in [1.54, 1.807) is 0 Å². The molecule has 1 nitrogen and oxygen atoms in total. The third-order valence-corrected chi connectivity index (χ3v) is 5.91. The van der Waals surface area contributed by atoms with Crippen molar-refractivity contribution in [3.63, 3.8) is 0 Å². The molecule has 0 spiro atoms. The van der Waals surface area contributed by atoms with Crippen LogP contribution >= 0.6 is 0 Å². The molecule has 0 saturated heterocycles. The highest BCUT2D eigenvalue weighted by atomic mass is 15.1. The van der Waals surface area contributed by atoms with E-state index in [4.69, 9.17) is 0 Å². The summed E-state index contributed by atoms with van der Waals surface area (Å²) >= 11 is 0. The highest BCUT2D eigenvalue weighted by molar-refractivity contribution is 5.84. The molecule has 0 fully saturated rings. The van der Waals surface area contributed by atoms with Crippen LogP contribution in [-0.2, 0) is 0 Å². The van der Waals surface area contributed by atoms with E-state index in [2.05, 4.69) is 169 Å². The van der Waals surface area contributed by atoms with Crippen LogP contribution in [0.3, 0.4) is 0 Å². The van der Waals surface area contributed by atoms with Crippen molar-refractivity contribution in [3.05, 3.63) is 174 Å². The zero-order valence-electron chi connectivity index (χ0n) is 19.5. The Kier molecular flexibility index (Phi) is 6.97. The van der Waals surface area contributed by atoms with Gasteiger partial charge in [-0.2, -0.15) is 0 Å². The third kappa shape index (κ3) is 5.31. The molecule has 0 atom stereocenters. The number of rotatable bonds is 7. The topological polar surface area (TPSA) is 3.24 Å². The van der Waals surface area contributed by atoms with Crippen LogP contribution in [0.1, 0.15) is 16.7 Å². The van der Waals surface area contributed by atoms with Crippen molar-refractivity contribution in [2.45, 2.75) is 0 Å². The number of benzene rings is 5. The van der Waals surface area contributed by atoms with E-state index in [1.165, 1.54) is 16.7 Å². The van der Waals surface area contributed by atoms with Crippen LogP contribution in [0.4, 0.5) is 17.1 Å². The quantitative estimate of drug-likeness (QED) is 0.224. The summed E-state index contributed by atoms with van der Waals surface area (Å²) in [5, 5.41) is 0. The van der Waals surface area contributed by atoms with Gasteiger partial charge in [0.2, 0.25) is 0 Å². The molecule has 0 aliphatic carbocycles. The summed E-state index contributed by atoms with van der Waals surface area (Å²) in [4.78, 5) is 2.30. The minimum Gasteiger partial charge on any atom is -0.310 e. The first kappa shape index (κ1) is 22.2. The zero-order valence-corrected chi connectivity index (χ0v) is 19.5. The molecule has 0 N–H and O–H groups in total.